The van der Waals surface area contributed by atoms with Crippen LogP contribution in [0.1, 0.15) is 33.1 Å². The van der Waals surface area contributed by atoms with Gasteiger partial charge >= 0.3 is 0 Å². The minimum Gasteiger partial charge on any atom is -0.356 e. The summed E-state index contributed by atoms with van der Waals surface area (Å²) in [7, 11) is 0. The van der Waals surface area contributed by atoms with Crippen molar-refractivity contribution in [2.24, 2.45) is 11.8 Å². The fraction of sp³-hybridized carbons (Fsp3) is 0.889. The Balaban J connectivity index is 2.47. The second-order valence-electron chi connectivity index (χ2n) is 3.43. The van der Waals surface area contributed by atoms with Crippen LogP contribution in [0.15, 0.2) is 0 Å². The van der Waals surface area contributed by atoms with Crippen LogP contribution in [-0.2, 0) is 4.79 Å². The van der Waals surface area contributed by atoms with Gasteiger partial charge in [0.15, 0.2) is 0 Å². The van der Waals surface area contributed by atoms with Crippen LogP contribution in [0.5, 0.6) is 0 Å². The van der Waals surface area contributed by atoms with Crippen molar-refractivity contribution in [2.75, 3.05) is 6.54 Å². The minimum atomic E-state index is 0.269. The third-order valence-corrected chi connectivity index (χ3v) is 2.66. The lowest BCUT2D eigenvalue weighted by Gasteiger charge is -2.26. The van der Waals surface area contributed by atoms with Crippen LogP contribution in [0, 0.1) is 11.8 Å². The van der Waals surface area contributed by atoms with E-state index in [1.807, 2.05) is 0 Å². The molecule has 64 valence electrons. The van der Waals surface area contributed by atoms with Gasteiger partial charge in [0, 0.05) is 12.5 Å². The van der Waals surface area contributed by atoms with Crippen LogP contribution in [0.2, 0.25) is 0 Å². The molecule has 0 aromatic carbocycles. The van der Waals surface area contributed by atoms with E-state index in [1.165, 1.54) is 0 Å². The lowest BCUT2D eigenvalue weighted by molar-refractivity contribution is -0.128. The molecule has 1 fully saturated rings. The largest absolute Gasteiger partial charge is 0.356 e. The van der Waals surface area contributed by atoms with Gasteiger partial charge < -0.3 is 5.32 Å². The number of nitrogens with one attached hydrogen (secondary N) is 1. The van der Waals surface area contributed by atoms with Gasteiger partial charge in [-0.15, -0.1) is 0 Å². The predicted octanol–water partition coefficient (Wildman–Crippen LogP) is 1.56. The maximum atomic E-state index is 11.3. The number of amides is 1. The van der Waals surface area contributed by atoms with E-state index < -0.39 is 0 Å². The normalized spacial score (nSPS) is 27.8. The van der Waals surface area contributed by atoms with Gasteiger partial charge in [-0.25, -0.2) is 0 Å². The molecule has 0 aromatic rings. The molecule has 1 saturated heterocycles. The van der Waals surface area contributed by atoms with Crippen molar-refractivity contribution in [2.45, 2.75) is 33.1 Å². The third kappa shape index (κ3) is 1.95. The maximum Gasteiger partial charge on any atom is 0.223 e. The first-order valence-corrected chi connectivity index (χ1v) is 4.53. The monoisotopic (exact) mass is 155 g/mol. The summed E-state index contributed by atoms with van der Waals surface area (Å²) in [6.07, 6.45) is 3.35. The van der Waals surface area contributed by atoms with Gasteiger partial charge in [-0.05, 0) is 18.8 Å². The van der Waals surface area contributed by atoms with Crippen molar-refractivity contribution in [3.63, 3.8) is 0 Å². The first-order chi connectivity index (χ1) is 5.25. The maximum absolute atomic E-state index is 11.3. The highest BCUT2D eigenvalue weighted by molar-refractivity contribution is 5.79. The Morgan fingerprint density at radius 2 is 2.45 bits per heavy atom. The van der Waals surface area contributed by atoms with Crippen molar-refractivity contribution in [3.8, 4) is 0 Å². The highest BCUT2D eigenvalue weighted by Crippen LogP contribution is 2.22. The Morgan fingerprint density at radius 1 is 1.73 bits per heavy atom. The quantitative estimate of drug-likeness (QED) is 0.644. The van der Waals surface area contributed by atoms with E-state index in [2.05, 4.69) is 19.2 Å². The third-order valence-electron chi connectivity index (χ3n) is 2.66. The topological polar surface area (TPSA) is 29.1 Å². The Kier molecular flexibility index (Phi) is 2.92. The fourth-order valence-corrected chi connectivity index (χ4v) is 1.62. The molecular weight excluding hydrogens is 138 g/mol. The number of carbonyl (C=O) groups excluding carboxylic acids is 1. The first kappa shape index (κ1) is 8.57. The van der Waals surface area contributed by atoms with Crippen molar-refractivity contribution < 1.29 is 4.79 Å². The smallest absolute Gasteiger partial charge is 0.223 e. The molecule has 2 heteroatoms. The number of hydrogen-bond donors (Lipinski definition) is 1. The van der Waals surface area contributed by atoms with Crippen LogP contribution in [-0.4, -0.2) is 12.5 Å². The van der Waals surface area contributed by atoms with Gasteiger partial charge in [0.25, 0.3) is 0 Å². The zero-order chi connectivity index (χ0) is 8.27. The molecule has 11 heavy (non-hydrogen) atoms. The van der Waals surface area contributed by atoms with Crippen molar-refractivity contribution >= 4 is 5.91 Å². The zero-order valence-electron chi connectivity index (χ0n) is 7.39. The summed E-state index contributed by atoms with van der Waals surface area (Å²) >= 11 is 0. The molecule has 2 nitrogen and oxygen atoms in total. The van der Waals surface area contributed by atoms with E-state index in [1.54, 1.807) is 0 Å². The van der Waals surface area contributed by atoms with Crippen LogP contribution in [0.4, 0.5) is 0 Å². The van der Waals surface area contributed by atoms with E-state index in [4.69, 9.17) is 0 Å². The Morgan fingerprint density at radius 3 is 3.00 bits per heavy atom. The number of rotatable bonds is 2. The Hall–Kier alpha value is -0.530. The van der Waals surface area contributed by atoms with E-state index in [-0.39, 0.29) is 11.8 Å². The molecule has 2 unspecified atom stereocenters. The van der Waals surface area contributed by atoms with Crippen LogP contribution in [0.25, 0.3) is 0 Å². The molecular formula is C9H17NO. The second kappa shape index (κ2) is 3.74. The summed E-state index contributed by atoms with van der Waals surface area (Å²) in [5.74, 6) is 1.11. The van der Waals surface area contributed by atoms with Gasteiger partial charge in [-0.3, -0.25) is 4.79 Å². The van der Waals surface area contributed by atoms with Gasteiger partial charge in [-0.2, -0.15) is 0 Å². The van der Waals surface area contributed by atoms with Gasteiger partial charge in [0.05, 0.1) is 0 Å². The summed E-state index contributed by atoms with van der Waals surface area (Å²) in [6.45, 7) is 5.19. The molecule has 0 radical (unpaired) electrons. The highest BCUT2D eigenvalue weighted by Gasteiger charge is 2.25. The summed E-state index contributed by atoms with van der Waals surface area (Å²) in [6, 6.07) is 0. The molecule has 1 aliphatic heterocycles. The van der Waals surface area contributed by atoms with Gasteiger partial charge in [0.1, 0.15) is 0 Å². The molecule has 2 atom stereocenters. The van der Waals surface area contributed by atoms with E-state index >= 15 is 0 Å². The SMILES string of the molecule is CCC(C)C1CCCNC1=O. The van der Waals surface area contributed by atoms with Crippen LogP contribution >= 0.6 is 0 Å². The van der Waals surface area contributed by atoms with Crippen molar-refractivity contribution in [3.05, 3.63) is 0 Å². The molecule has 0 spiro atoms. The fourth-order valence-electron chi connectivity index (χ4n) is 1.62. The molecule has 1 rings (SSSR count). The van der Waals surface area contributed by atoms with Gasteiger partial charge in [-0.1, -0.05) is 20.3 Å². The predicted molar refractivity (Wildman–Crippen MR) is 45.2 cm³/mol. The summed E-state index contributed by atoms with van der Waals surface area (Å²) in [5, 5.41) is 2.91. The molecule has 0 aromatic heterocycles. The van der Waals surface area contributed by atoms with E-state index in [0.717, 1.165) is 25.8 Å². The number of hydrogen-bond acceptors (Lipinski definition) is 1. The summed E-state index contributed by atoms with van der Waals surface area (Å²) in [4.78, 5) is 11.3. The summed E-state index contributed by atoms with van der Waals surface area (Å²) < 4.78 is 0. The average Bonchev–Trinajstić information content (AvgIpc) is 2.04. The second-order valence-corrected chi connectivity index (χ2v) is 3.43. The highest BCUT2D eigenvalue weighted by atomic mass is 16.1. The first-order valence-electron chi connectivity index (χ1n) is 4.53. The summed E-state index contributed by atoms with van der Waals surface area (Å²) in [5.41, 5.74) is 0. The van der Waals surface area contributed by atoms with Crippen molar-refractivity contribution in [1.29, 1.82) is 0 Å². The molecule has 0 aliphatic carbocycles. The van der Waals surface area contributed by atoms with E-state index in [9.17, 15) is 4.79 Å². The molecule has 0 saturated carbocycles. The van der Waals surface area contributed by atoms with Crippen molar-refractivity contribution in [1.82, 2.24) is 5.32 Å². The lowest BCUT2D eigenvalue weighted by atomic mass is 9.85. The standard InChI is InChI=1S/C9H17NO/c1-3-7(2)8-5-4-6-10-9(8)11/h7-8H,3-6H2,1-2H3,(H,10,11). The van der Waals surface area contributed by atoms with E-state index in [0.29, 0.717) is 5.92 Å². The Labute approximate surface area is 68.4 Å². The average molecular weight is 155 g/mol. The van der Waals surface area contributed by atoms with Crippen LogP contribution in [0.3, 0.4) is 0 Å². The van der Waals surface area contributed by atoms with Crippen LogP contribution < -0.4 is 5.32 Å². The molecule has 1 heterocycles. The Bertz CT molecular complexity index is 144. The molecule has 0 bridgehead atoms. The number of carbonyl (C=O) groups is 1. The molecule has 1 amide bonds. The number of piperidine rings is 1. The minimum absolute atomic E-state index is 0.269. The zero-order valence-corrected chi connectivity index (χ0v) is 7.39. The molecule has 1 N–H and O–H groups in total. The van der Waals surface area contributed by atoms with Gasteiger partial charge in [0.2, 0.25) is 5.91 Å². The molecule has 1 aliphatic rings. The lowest BCUT2D eigenvalue weighted by Crippen LogP contribution is -2.39.